The summed E-state index contributed by atoms with van der Waals surface area (Å²) >= 11 is 0. The Kier molecular flexibility index (Phi) is 4.39. The topological polar surface area (TPSA) is 75.3 Å². The Morgan fingerprint density at radius 3 is 2.53 bits per heavy atom. The van der Waals surface area contributed by atoms with Gasteiger partial charge in [-0.05, 0) is 31.5 Å². The summed E-state index contributed by atoms with van der Waals surface area (Å²) in [6.45, 7) is 3.18. The van der Waals surface area contributed by atoms with Crippen molar-refractivity contribution >= 4 is 23.4 Å². The van der Waals surface area contributed by atoms with E-state index in [4.69, 9.17) is 0 Å². The van der Waals surface area contributed by atoms with Crippen LogP contribution in [-0.2, 0) is 9.59 Å². The molecule has 0 unspecified atom stereocenters. The lowest BCUT2D eigenvalue weighted by atomic mass is 10.2. The van der Waals surface area contributed by atoms with E-state index in [1.807, 2.05) is 13.0 Å². The van der Waals surface area contributed by atoms with E-state index in [1.54, 1.807) is 18.2 Å². The van der Waals surface area contributed by atoms with Gasteiger partial charge in [0.2, 0.25) is 5.91 Å². The number of urea groups is 1. The van der Waals surface area contributed by atoms with Crippen LogP contribution in [0.25, 0.3) is 0 Å². The molecule has 3 amide bonds. The molecule has 0 radical (unpaired) electrons. The molecule has 5 nitrogen and oxygen atoms in total. The minimum Gasteiger partial charge on any atom is -0.308 e. The summed E-state index contributed by atoms with van der Waals surface area (Å²) in [5, 5.41) is 4.57. The first kappa shape index (κ1) is 12.9. The Balaban J connectivity index is 2.50. The van der Waals surface area contributed by atoms with Gasteiger partial charge in [-0.25, -0.2) is 4.79 Å². The normalized spacial score (nSPS) is 9.53. The van der Waals surface area contributed by atoms with Crippen LogP contribution in [0.4, 0.5) is 10.5 Å². The van der Waals surface area contributed by atoms with Crippen LogP contribution >= 0.6 is 0 Å². The van der Waals surface area contributed by atoms with Gasteiger partial charge in [-0.15, -0.1) is 0 Å². The number of Topliss-reactive ketones (excluding diaryl/α,β-unsaturated/α-hetero) is 1. The number of benzene rings is 1. The first-order valence-corrected chi connectivity index (χ1v) is 5.14. The molecule has 1 aromatic rings. The molecule has 0 aromatic heterocycles. The number of carbonyl (C=O) groups excluding carboxylic acids is 3. The van der Waals surface area contributed by atoms with Gasteiger partial charge in [0.1, 0.15) is 5.78 Å². The summed E-state index contributed by atoms with van der Waals surface area (Å²) < 4.78 is 0. The largest absolute Gasteiger partial charge is 0.325 e. The Labute approximate surface area is 99.2 Å². The molecule has 0 bridgehead atoms. The first-order valence-electron chi connectivity index (χ1n) is 5.14. The van der Waals surface area contributed by atoms with E-state index in [1.165, 1.54) is 6.92 Å². The maximum atomic E-state index is 11.4. The van der Waals surface area contributed by atoms with Crippen LogP contribution in [0.1, 0.15) is 18.9 Å². The second-order valence-corrected chi connectivity index (χ2v) is 3.75. The molecule has 17 heavy (non-hydrogen) atoms. The highest BCUT2D eigenvalue weighted by Gasteiger charge is 2.09. The summed E-state index contributed by atoms with van der Waals surface area (Å²) in [5.74, 6) is -0.895. The quantitative estimate of drug-likeness (QED) is 0.780. The van der Waals surface area contributed by atoms with Gasteiger partial charge in [-0.1, -0.05) is 12.1 Å². The van der Waals surface area contributed by atoms with Gasteiger partial charge < -0.3 is 5.32 Å². The van der Waals surface area contributed by atoms with Crippen LogP contribution in [-0.4, -0.2) is 17.7 Å². The summed E-state index contributed by atoms with van der Waals surface area (Å²) in [6, 6.07) is 6.53. The number of carbonyl (C=O) groups is 3. The second-order valence-electron chi connectivity index (χ2n) is 3.75. The van der Waals surface area contributed by atoms with Crippen LogP contribution in [0.5, 0.6) is 0 Å². The Morgan fingerprint density at radius 2 is 1.94 bits per heavy atom. The van der Waals surface area contributed by atoms with Crippen molar-refractivity contribution in [1.29, 1.82) is 0 Å². The van der Waals surface area contributed by atoms with Crippen molar-refractivity contribution in [2.75, 3.05) is 5.32 Å². The Bertz CT molecular complexity index is 455. The molecular weight excluding hydrogens is 220 g/mol. The van der Waals surface area contributed by atoms with Gasteiger partial charge >= 0.3 is 6.03 Å². The predicted molar refractivity (Wildman–Crippen MR) is 63.6 cm³/mol. The highest BCUT2D eigenvalue weighted by molar-refractivity contribution is 6.06. The molecular formula is C12H14N2O3. The third-order valence-corrected chi connectivity index (χ3v) is 1.94. The van der Waals surface area contributed by atoms with E-state index >= 15 is 0 Å². The average molecular weight is 234 g/mol. The lowest BCUT2D eigenvalue weighted by Gasteiger charge is -2.06. The molecule has 0 aliphatic rings. The van der Waals surface area contributed by atoms with Crippen molar-refractivity contribution in [1.82, 2.24) is 5.32 Å². The molecule has 1 aromatic carbocycles. The minimum atomic E-state index is -0.637. The summed E-state index contributed by atoms with van der Waals surface area (Å²) in [4.78, 5) is 33.1. The van der Waals surface area contributed by atoms with Crippen LogP contribution < -0.4 is 10.6 Å². The van der Waals surface area contributed by atoms with Crippen molar-refractivity contribution < 1.29 is 14.4 Å². The molecule has 0 saturated carbocycles. The summed E-state index contributed by atoms with van der Waals surface area (Å²) in [7, 11) is 0. The van der Waals surface area contributed by atoms with Gasteiger partial charge in [-0.2, -0.15) is 0 Å². The number of amides is 3. The van der Waals surface area contributed by atoms with Crippen LogP contribution in [0.2, 0.25) is 0 Å². The van der Waals surface area contributed by atoms with Gasteiger partial charge in [0, 0.05) is 5.69 Å². The smallest absolute Gasteiger partial charge is 0.308 e. The van der Waals surface area contributed by atoms with Crippen molar-refractivity contribution in [3.8, 4) is 0 Å². The number of hydrogen-bond donors (Lipinski definition) is 2. The van der Waals surface area contributed by atoms with E-state index in [-0.39, 0.29) is 12.2 Å². The molecule has 2 N–H and O–H groups in total. The molecule has 0 heterocycles. The summed E-state index contributed by atoms with van der Waals surface area (Å²) in [6.07, 6.45) is -0.290. The van der Waals surface area contributed by atoms with Crippen LogP contribution in [0.3, 0.4) is 0 Å². The van der Waals surface area contributed by atoms with Gasteiger partial charge in [0.25, 0.3) is 0 Å². The van der Waals surface area contributed by atoms with Crippen molar-refractivity contribution in [2.45, 2.75) is 20.3 Å². The number of nitrogens with one attached hydrogen (secondary N) is 2. The standard InChI is InChI=1S/C12H14N2O3/c1-8-4-3-5-10(6-8)13-12(17)14-11(16)7-9(2)15/h3-6H,7H2,1-2H3,(H2,13,14,16,17). The number of rotatable bonds is 3. The van der Waals surface area contributed by atoms with Crippen molar-refractivity contribution in [2.24, 2.45) is 0 Å². The molecule has 0 saturated heterocycles. The van der Waals surface area contributed by atoms with E-state index in [0.717, 1.165) is 5.56 Å². The fourth-order valence-corrected chi connectivity index (χ4v) is 1.28. The molecule has 0 aliphatic carbocycles. The molecule has 0 atom stereocenters. The van der Waals surface area contributed by atoms with Crippen LogP contribution in [0.15, 0.2) is 24.3 Å². The van der Waals surface area contributed by atoms with E-state index in [2.05, 4.69) is 10.6 Å². The molecule has 0 spiro atoms. The van der Waals surface area contributed by atoms with E-state index < -0.39 is 11.9 Å². The lowest BCUT2D eigenvalue weighted by molar-refractivity contribution is -0.126. The van der Waals surface area contributed by atoms with Crippen molar-refractivity contribution in [3.63, 3.8) is 0 Å². The lowest BCUT2D eigenvalue weighted by Crippen LogP contribution is -2.35. The summed E-state index contributed by atoms with van der Waals surface area (Å²) in [5.41, 5.74) is 1.59. The fraction of sp³-hybridized carbons (Fsp3) is 0.250. The van der Waals surface area contributed by atoms with Gasteiger partial charge in [0.15, 0.2) is 0 Å². The fourth-order valence-electron chi connectivity index (χ4n) is 1.28. The Morgan fingerprint density at radius 1 is 1.24 bits per heavy atom. The average Bonchev–Trinajstić information content (AvgIpc) is 2.14. The highest BCUT2D eigenvalue weighted by atomic mass is 16.2. The molecule has 5 heteroatoms. The minimum absolute atomic E-state index is 0.286. The highest BCUT2D eigenvalue weighted by Crippen LogP contribution is 2.08. The zero-order chi connectivity index (χ0) is 12.8. The van der Waals surface area contributed by atoms with Crippen molar-refractivity contribution in [3.05, 3.63) is 29.8 Å². The molecule has 0 fully saturated rings. The number of ketones is 1. The maximum Gasteiger partial charge on any atom is 0.325 e. The Hall–Kier alpha value is -2.17. The molecule has 1 rings (SSSR count). The third-order valence-electron chi connectivity index (χ3n) is 1.94. The number of hydrogen-bond acceptors (Lipinski definition) is 3. The molecule has 0 aliphatic heterocycles. The monoisotopic (exact) mass is 234 g/mol. The SMILES string of the molecule is CC(=O)CC(=O)NC(=O)Nc1cccc(C)c1. The number of anilines is 1. The van der Waals surface area contributed by atoms with E-state index in [0.29, 0.717) is 5.69 Å². The van der Waals surface area contributed by atoms with Gasteiger partial charge in [0.05, 0.1) is 6.42 Å². The second kappa shape index (κ2) is 5.79. The number of imide groups is 1. The predicted octanol–water partition coefficient (Wildman–Crippen LogP) is 1.62. The zero-order valence-electron chi connectivity index (χ0n) is 9.74. The zero-order valence-corrected chi connectivity index (χ0v) is 9.74. The van der Waals surface area contributed by atoms with E-state index in [9.17, 15) is 14.4 Å². The number of aryl methyl sites for hydroxylation is 1. The third kappa shape index (κ3) is 4.92. The van der Waals surface area contributed by atoms with Crippen LogP contribution in [0, 0.1) is 6.92 Å². The maximum absolute atomic E-state index is 11.4. The van der Waals surface area contributed by atoms with Gasteiger partial charge in [-0.3, -0.25) is 14.9 Å². The molecule has 90 valence electrons. The first-order chi connectivity index (χ1) is 7.97.